The fourth-order valence-corrected chi connectivity index (χ4v) is 3.78. The lowest BCUT2D eigenvalue weighted by atomic mass is 10.2. The molecule has 0 radical (unpaired) electrons. The van der Waals surface area contributed by atoms with E-state index in [0.29, 0.717) is 12.5 Å². The monoisotopic (exact) mass is 397 g/mol. The maximum atomic E-state index is 11.1. The third kappa shape index (κ3) is 4.78. The number of hydrogen-bond donors (Lipinski definition) is 1. The molecule has 1 atom stereocenters. The van der Waals surface area contributed by atoms with Crippen LogP contribution >= 0.6 is 11.3 Å². The van der Waals surface area contributed by atoms with E-state index in [4.69, 9.17) is 9.47 Å². The molecule has 0 bridgehead atoms. The van der Waals surface area contributed by atoms with Crippen molar-refractivity contribution >= 4 is 27.5 Å². The molecule has 0 saturated heterocycles. The molecule has 4 rings (SSSR count). The summed E-state index contributed by atoms with van der Waals surface area (Å²) < 4.78 is 12.5. The van der Waals surface area contributed by atoms with Gasteiger partial charge < -0.3 is 14.8 Å². The fraction of sp³-hybridized carbons (Fsp3) is 0.381. The van der Waals surface area contributed by atoms with Gasteiger partial charge in [-0.1, -0.05) is 0 Å². The number of hydrogen-bond acceptors (Lipinski definition) is 6. The van der Waals surface area contributed by atoms with Crippen LogP contribution in [-0.4, -0.2) is 35.1 Å². The molecule has 1 saturated carbocycles. The molecule has 1 aliphatic carbocycles. The summed E-state index contributed by atoms with van der Waals surface area (Å²) in [5.41, 5.74) is 1.90. The Morgan fingerprint density at radius 2 is 2.07 bits per heavy atom. The molecule has 0 unspecified atom stereocenters. The van der Waals surface area contributed by atoms with Gasteiger partial charge in [-0.05, 0) is 49.9 Å². The van der Waals surface area contributed by atoms with Crippen molar-refractivity contribution in [3.8, 4) is 22.2 Å². The first-order chi connectivity index (χ1) is 13.6. The minimum Gasteiger partial charge on any atom is -0.493 e. The Morgan fingerprint density at radius 3 is 2.79 bits per heavy atom. The summed E-state index contributed by atoms with van der Waals surface area (Å²) in [6, 6.07) is 9.90. The number of ether oxygens (including phenoxy) is 2. The van der Waals surface area contributed by atoms with Crippen LogP contribution in [0.1, 0.15) is 26.7 Å². The van der Waals surface area contributed by atoms with Gasteiger partial charge in [-0.15, -0.1) is 11.3 Å². The summed E-state index contributed by atoms with van der Waals surface area (Å²) in [5.74, 6) is 2.11. The van der Waals surface area contributed by atoms with Crippen LogP contribution in [0, 0.1) is 5.92 Å². The molecule has 1 aliphatic rings. The Bertz CT molecular complexity index is 967. The second-order valence-electron chi connectivity index (χ2n) is 7.20. The van der Waals surface area contributed by atoms with Gasteiger partial charge in [0, 0.05) is 18.6 Å². The Kier molecular flexibility index (Phi) is 5.43. The number of fused-ring (bicyclic) bond motifs is 1. The van der Waals surface area contributed by atoms with E-state index in [1.165, 1.54) is 19.8 Å². The number of benzene rings is 1. The average Bonchev–Trinajstić information content (AvgIpc) is 3.41. The van der Waals surface area contributed by atoms with Crippen LogP contribution in [0.3, 0.4) is 0 Å². The van der Waals surface area contributed by atoms with E-state index in [1.807, 2.05) is 37.3 Å². The first-order valence-electron chi connectivity index (χ1n) is 9.46. The van der Waals surface area contributed by atoms with Gasteiger partial charge in [0.15, 0.2) is 0 Å². The number of nitrogens with zero attached hydrogens (tertiary/aromatic N) is 2. The van der Waals surface area contributed by atoms with Gasteiger partial charge in [0.1, 0.15) is 22.9 Å². The molecular formula is C21H23N3O3S. The minimum absolute atomic E-state index is 0.0735. The summed E-state index contributed by atoms with van der Waals surface area (Å²) >= 11 is 1.60. The van der Waals surface area contributed by atoms with E-state index in [9.17, 15) is 4.79 Å². The van der Waals surface area contributed by atoms with Gasteiger partial charge in [-0.3, -0.25) is 4.79 Å². The van der Waals surface area contributed by atoms with E-state index in [1.54, 1.807) is 17.5 Å². The highest BCUT2D eigenvalue weighted by Crippen LogP contribution is 2.33. The lowest BCUT2D eigenvalue weighted by molar-refractivity contribution is -0.119. The molecule has 2 aromatic heterocycles. The second kappa shape index (κ2) is 8.14. The Balaban J connectivity index is 1.43. The van der Waals surface area contributed by atoms with Crippen LogP contribution in [0.15, 0.2) is 36.5 Å². The molecule has 146 valence electrons. The number of thiazole rings is 1. The standard InChI is InChI=1S/C21H23N3O3S/c1-13(23-14(2)25)11-27-20-9-19-18(10-22-20)24-21(28-19)16-5-7-17(8-6-16)26-12-15-3-4-15/h5-10,13,15H,3-4,11-12H2,1-2H3,(H,23,25)/t13-/m0/s1. The number of carbonyl (C=O) groups excluding carboxylic acids is 1. The summed E-state index contributed by atoms with van der Waals surface area (Å²) in [4.78, 5) is 20.1. The molecule has 1 amide bonds. The van der Waals surface area contributed by atoms with Gasteiger partial charge in [0.2, 0.25) is 11.8 Å². The van der Waals surface area contributed by atoms with Crippen molar-refractivity contribution in [2.75, 3.05) is 13.2 Å². The molecular weight excluding hydrogens is 374 g/mol. The van der Waals surface area contributed by atoms with E-state index < -0.39 is 0 Å². The molecule has 0 aliphatic heterocycles. The van der Waals surface area contributed by atoms with E-state index in [2.05, 4.69) is 15.3 Å². The molecule has 0 spiro atoms. The number of aromatic nitrogens is 2. The normalized spacial score (nSPS) is 14.6. The van der Waals surface area contributed by atoms with Gasteiger partial charge >= 0.3 is 0 Å². The molecule has 3 aromatic rings. The lowest BCUT2D eigenvalue weighted by Crippen LogP contribution is -2.35. The van der Waals surface area contributed by atoms with Crippen molar-refractivity contribution < 1.29 is 14.3 Å². The van der Waals surface area contributed by atoms with Gasteiger partial charge in [-0.25, -0.2) is 9.97 Å². The Hall–Kier alpha value is -2.67. The Labute approximate surface area is 167 Å². The zero-order valence-electron chi connectivity index (χ0n) is 16.0. The maximum absolute atomic E-state index is 11.1. The molecule has 1 N–H and O–H groups in total. The predicted octanol–water partition coefficient (Wildman–Crippen LogP) is 4.05. The first kappa shape index (κ1) is 18.7. The number of nitrogens with one attached hydrogen (secondary N) is 1. The van der Waals surface area contributed by atoms with Crippen LogP contribution in [-0.2, 0) is 4.79 Å². The van der Waals surface area contributed by atoms with Crippen LogP contribution in [0.2, 0.25) is 0 Å². The summed E-state index contributed by atoms with van der Waals surface area (Å²) in [7, 11) is 0. The van der Waals surface area contributed by atoms with Crippen LogP contribution in [0.25, 0.3) is 20.8 Å². The maximum Gasteiger partial charge on any atom is 0.217 e. The van der Waals surface area contributed by atoms with Gasteiger partial charge in [-0.2, -0.15) is 0 Å². The van der Waals surface area contributed by atoms with Crippen LogP contribution in [0.5, 0.6) is 11.6 Å². The summed E-state index contributed by atoms with van der Waals surface area (Å²) in [6.07, 6.45) is 4.30. The SMILES string of the molecule is CC(=O)N[C@@H](C)COc1cc2sc(-c3ccc(OCC4CC4)cc3)nc2cn1. The molecule has 2 heterocycles. The van der Waals surface area contributed by atoms with Gasteiger partial charge in [0.25, 0.3) is 0 Å². The number of carbonyl (C=O) groups is 1. The molecule has 28 heavy (non-hydrogen) atoms. The van der Waals surface area contributed by atoms with Crippen molar-refractivity contribution in [3.63, 3.8) is 0 Å². The summed E-state index contributed by atoms with van der Waals surface area (Å²) in [6.45, 7) is 4.57. The highest BCUT2D eigenvalue weighted by Gasteiger charge is 2.21. The Morgan fingerprint density at radius 1 is 1.29 bits per heavy atom. The lowest BCUT2D eigenvalue weighted by Gasteiger charge is -2.12. The van der Waals surface area contributed by atoms with E-state index in [-0.39, 0.29) is 11.9 Å². The second-order valence-corrected chi connectivity index (χ2v) is 8.23. The topological polar surface area (TPSA) is 73.3 Å². The smallest absolute Gasteiger partial charge is 0.217 e. The summed E-state index contributed by atoms with van der Waals surface area (Å²) in [5, 5.41) is 3.73. The fourth-order valence-electron chi connectivity index (χ4n) is 2.81. The van der Waals surface area contributed by atoms with Crippen molar-refractivity contribution in [3.05, 3.63) is 36.5 Å². The van der Waals surface area contributed by atoms with Crippen LogP contribution in [0.4, 0.5) is 0 Å². The molecule has 1 aromatic carbocycles. The highest BCUT2D eigenvalue weighted by molar-refractivity contribution is 7.21. The third-order valence-electron chi connectivity index (χ3n) is 4.46. The number of pyridine rings is 1. The number of amides is 1. The minimum atomic E-state index is -0.0762. The molecule has 7 heteroatoms. The molecule has 1 fully saturated rings. The molecule has 6 nitrogen and oxygen atoms in total. The van der Waals surface area contributed by atoms with Gasteiger partial charge in [0.05, 0.1) is 23.5 Å². The predicted molar refractivity (Wildman–Crippen MR) is 110 cm³/mol. The van der Waals surface area contributed by atoms with Crippen molar-refractivity contribution in [1.82, 2.24) is 15.3 Å². The van der Waals surface area contributed by atoms with Crippen molar-refractivity contribution in [2.24, 2.45) is 5.92 Å². The average molecular weight is 398 g/mol. The zero-order valence-corrected chi connectivity index (χ0v) is 16.8. The highest BCUT2D eigenvalue weighted by atomic mass is 32.1. The van der Waals surface area contributed by atoms with E-state index in [0.717, 1.165) is 39.1 Å². The first-order valence-corrected chi connectivity index (χ1v) is 10.3. The van der Waals surface area contributed by atoms with Crippen LogP contribution < -0.4 is 14.8 Å². The van der Waals surface area contributed by atoms with E-state index >= 15 is 0 Å². The number of rotatable bonds is 8. The largest absolute Gasteiger partial charge is 0.493 e. The van der Waals surface area contributed by atoms with Crippen molar-refractivity contribution in [2.45, 2.75) is 32.7 Å². The van der Waals surface area contributed by atoms with Crippen molar-refractivity contribution in [1.29, 1.82) is 0 Å². The third-order valence-corrected chi connectivity index (χ3v) is 5.53. The quantitative estimate of drug-likeness (QED) is 0.621. The zero-order chi connectivity index (χ0) is 19.5.